The maximum absolute atomic E-state index is 13.2. The first-order valence-electron chi connectivity index (χ1n) is 11.0. The lowest BCUT2D eigenvalue weighted by molar-refractivity contribution is -0.119. The molecular formula is C26H33ClN2O6. The van der Waals surface area contributed by atoms with E-state index in [-0.39, 0.29) is 30.1 Å². The fourth-order valence-electron chi connectivity index (χ4n) is 4.13. The molecule has 1 fully saturated rings. The number of nitrogens with zero attached hydrogens (tertiary/aromatic N) is 1. The van der Waals surface area contributed by atoms with Gasteiger partial charge in [-0.05, 0) is 74.8 Å². The fourth-order valence-corrected chi connectivity index (χ4v) is 4.13. The number of carbonyl (C=O) groups excluding carboxylic acids is 2. The van der Waals surface area contributed by atoms with E-state index >= 15 is 0 Å². The van der Waals surface area contributed by atoms with Gasteiger partial charge >= 0.3 is 0 Å². The number of allylic oxidation sites excluding steroid dienone is 1. The Labute approximate surface area is 212 Å². The number of rotatable bonds is 9. The number of Topliss-reactive ketones (excluding diaryl/α,β-unsaturated/α-hetero) is 1. The van der Waals surface area contributed by atoms with E-state index in [0.717, 1.165) is 24.9 Å². The van der Waals surface area contributed by atoms with Gasteiger partial charge in [0.15, 0.2) is 17.3 Å². The quantitative estimate of drug-likeness (QED) is 0.398. The van der Waals surface area contributed by atoms with Gasteiger partial charge in [-0.15, -0.1) is 12.4 Å². The SMILES string of the molecule is COc1ccc(C=C(C)C(=O)c2cc(OC)c(OC)c(OC)c2)cc1NC(=O)C1CCCN1C.Cl. The number of methoxy groups -OCH3 is 4. The average molecular weight is 505 g/mol. The Hall–Kier alpha value is -3.23. The van der Waals surface area contributed by atoms with Gasteiger partial charge in [-0.2, -0.15) is 0 Å². The molecule has 2 aromatic rings. The molecule has 1 unspecified atom stereocenters. The van der Waals surface area contributed by atoms with E-state index in [4.69, 9.17) is 18.9 Å². The van der Waals surface area contributed by atoms with Gasteiger partial charge in [0.1, 0.15) is 5.75 Å². The van der Waals surface area contributed by atoms with Crippen LogP contribution in [-0.2, 0) is 4.79 Å². The van der Waals surface area contributed by atoms with Crippen LogP contribution in [0.5, 0.6) is 23.0 Å². The Balaban J connectivity index is 0.00000432. The summed E-state index contributed by atoms with van der Waals surface area (Å²) < 4.78 is 21.5. The minimum atomic E-state index is -0.187. The van der Waals surface area contributed by atoms with E-state index < -0.39 is 0 Å². The van der Waals surface area contributed by atoms with Crippen LogP contribution in [0.15, 0.2) is 35.9 Å². The molecule has 1 atom stereocenters. The van der Waals surface area contributed by atoms with E-state index in [1.807, 2.05) is 18.0 Å². The normalized spacial score (nSPS) is 15.7. The maximum atomic E-state index is 13.2. The third-order valence-corrected chi connectivity index (χ3v) is 5.97. The second-order valence-electron chi connectivity index (χ2n) is 8.16. The summed E-state index contributed by atoms with van der Waals surface area (Å²) in [5.41, 5.74) is 2.24. The van der Waals surface area contributed by atoms with Crippen LogP contribution < -0.4 is 24.3 Å². The Morgan fingerprint density at radius 1 is 0.971 bits per heavy atom. The number of likely N-dealkylation sites (tertiary alicyclic amines) is 1. The highest BCUT2D eigenvalue weighted by Gasteiger charge is 2.28. The van der Waals surface area contributed by atoms with Crippen molar-refractivity contribution >= 4 is 35.9 Å². The molecule has 0 spiro atoms. The van der Waals surface area contributed by atoms with Gasteiger partial charge in [-0.1, -0.05) is 6.07 Å². The van der Waals surface area contributed by atoms with Gasteiger partial charge in [0.2, 0.25) is 11.7 Å². The minimum Gasteiger partial charge on any atom is -0.495 e. The number of likely N-dealkylation sites (N-methyl/N-ethyl adjacent to an activating group) is 1. The first-order valence-corrected chi connectivity index (χ1v) is 11.0. The monoisotopic (exact) mass is 504 g/mol. The average Bonchev–Trinajstić information content (AvgIpc) is 3.28. The topological polar surface area (TPSA) is 86.3 Å². The van der Waals surface area contributed by atoms with E-state index in [1.165, 1.54) is 21.3 Å². The molecule has 1 N–H and O–H groups in total. The molecular weight excluding hydrogens is 472 g/mol. The molecule has 1 amide bonds. The molecule has 9 heteroatoms. The van der Waals surface area contributed by atoms with Crippen molar-refractivity contribution in [3.8, 4) is 23.0 Å². The number of hydrogen-bond acceptors (Lipinski definition) is 7. The molecule has 35 heavy (non-hydrogen) atoms. The highest BCUT2D eigenvalue weighted by atomic mass is 35.5. The lowest BCUT2D eigenvalue weighted by Gasteiger charge is -2.19. The molecule has 1 saturated heterocycles. The summed E-state index contributed by atoms with van der Waals surface area (Å²) in [6.07, 6.45) is 3.59. The van der Waals surface area contributed by atoms with Crippen molar-refractivity contribution in [1.82, 2.24) is 4.90 Å². The van der Waals surface area contributed by atoms with Gasteiger partial charge < -0.3 is 24.3 Å². The summed E-state index contributed by atoms with van der Waals surface area (Å²) in [6, 6.07) is 8.50. The molecule has 1 aliphatic heterocycles. The molecule has 0 aromatic heterocycles. The van der Waals surface area contributed by atoms with Crippen molar-refractivity contribution in [2.75, 3.05) is 47.3 Å². The first-order chi connectivity index (χ1) is 16.3. The summed E-state index contributed by atoms with van der Waals surface area (Å²) >= 11 is 0. The Morgan fingerprint density at radius 2 is 1.60 bits per heavy atom. The number of anilines is 1. The molecule has 0 aliphatic carbocycles. The van der Waals surface area contributed by atoms with Crippen molar-refractivity contribution in [2.45, 2.75) is 25.8 Å². The number of ether oxygens (including phenoxy) is 4. The summed E-state index contributed by atoms with van der Waals surface area (Å²) in [7, 11) is 8.03. The first kappa shape index (κ1) is 28.0. The van der Waals surface area contributed by atoms with Gasteiger partial charge in [-0.3, -0.25) is 14.5 Å². The number of nitrogens with one attached hydrogen (secondary N) is 1. The fraction of sp³-hybridized carbons (Fsp3) is 0.385. The maximum Gasteiger partial charge on any atom is 0.241 e. The molecule has 3 rings (SSSR count). The molecule has 1 aliphatic rings. The smallest absolute Gasteiger partial charge is 0.241 e. The zero-order valence-corrected chi connectivity index (χ0v) is 21.8. The molecule has 1 heterocycles. The molecule has 2 aromatic carbocycles. The van der Waals surface area contributed by atoms with Gasteiger partial charge in [0.25, 0.3) is 0 Å². The largest absolute Gasteiger partial charge is 0.495 e. The van der Waals surface area contributed by atoms with Gasteiger partial charge in [0, 0.05) is 5.56 Å². The minimum absolute atomic E-state index is 0. The van der Waals surface area contributed by atoms with Crippen LogP contribution in [0.25, 0.3) is 6.08 Å². The van der Waals surface area contributed by atoms with Crippen molar-refractivity contribution in [3.63, 3.8) is 0 Å². The Morgan fingerprint density at radius 3 is 2.11 bits per heavy atom. The summed E-state index contributed by atoms with van der Waals surface area (Å²) in [5, 5.41) is 2.98. The third-order valence-electron chi connectivity index (χ3n) is 5.97. The summed E-state index contributed by atoms with van der Waals surface area (Å²) in [4.78, 5) is 28.0. The van der Waals surface area contributed by atoms with E-state index in [1.54, 1.807) is 44.4 Å². The number of halogens is 1. The van der Waals surface area contributed by atoms with E-state index in [9.17, 15) is 9.59 Å². The predicted octanol–water partition coefficient (Wildman–Crippen LogP) is 4.46. The lowest BCUT2D eigenvalue weighted by atomic mass is 10.0. The van der Waals surface area contributed by atoms with Crippen LogP contribution in [0.2, 0.25) is 0 Å². The number of benzene rings is 2. The standard InChI is InChI=1S/C26H32N2O6.ClH/c1-16(24(29)18-14-22(32-4)25(34-6)23(15-18)33-5)12-17-9-10-21(31-3)19(13-17)27-26(30)20-8-7-11-28(20)2;/h9-10,12-15,20H,7-8,11H2,1-6H3,(H,27,30);1H. The zero-order chi connectivity index (χ0) is 24.8. The van der Waals surface area contributed by atoms with Crippen molar-refractivity contribution in [1.29, 1.82) is 0 Å². The molecule has 0 radical (unpaired) electrons. The number of carbonyl (C=O) groups is 2. The highest BCUT2D eigenvalue weighted by molar-refractivity contribution is 6.11. The molecule has 8 nitrogen and oxygen atoms in total. The van der Waals surface area contributed by atoms with Crippen LogP contribution >= 0.6 is 12.4 Å². The van der Waals surface area contributed by atoms with Crippen LogP contribution in [0.4, 0.5) is 5.69 Å². The van der Waals surface area contributed by atoms with E-state index in [0.29, 0.717) is 39.8 Å². The van der Waals surface area contributed by atoms with E-state index in [2.05, 4.69) is 5.32 Å². The van der Waals surface area contributed by atoms with Crippen LogP contribution in [0.1, 0.15) is 35.7 Å². The molecule has 190 valence electrons. The lowest BCUT2D eigenvalue weighted by Crippen LogP contribution is -2.37. The van der Waals surface area contributed by atoms with Crippen molar-refractivity contribution in [3.05, 3.63) is 47.0 Å². The van der Waals surface area contributed by atoms with Crippen LogP contribution in [0.3, 0.4) is 0 Å². The second kappa shape index (κ2) is 12.5. The Kier molecular flexibility index (Phi) is 9.98. The molecule has 0 bridgehead atoms. The highest BCUT2D eigenvalue weighted by Crippen LogP contribution is 2.39. The van der Waals surface area contributed by atoms with Crippen molar-refractivity contribution < 1.29 is 28.5 Å². The van der Waals surface area contributed by atoms with Crippen LogP contribution in [-0.4, -0.2) is 64.7 Å². The number of ketones is 1. The predicted molar refractivity (Wildman–Crippen MR) is 139 cm³/mol. The number of amides is 1. The Bertz CT molecular complexity index is 1080. The summed E-state index contributed by atoms with van der Waals surface area (Å²) in [5.74, 6) is 1.54. The van der Waals surface area contributed by atoms with Crippen molar-refractivity contribution in [2.24, 2.45) is 0 Å². The van der Waals surface area contributed by atoms with Crippen LogP contribution in [0, 0.1) is 0 Å². The van der Waals surface area contributed by atoms with Gasteiger partial charge in [0.05, 0.1) is 40.2 Å². The summed E-state index contributed by atoms with van der Waals surface area (Å²) in [6.45, 7) is 2.64. The zero-order valence-electron chi connectivity index (χ0n) is 21.0. The number of hydrogen-bond donors (Lipinski definition) is 1. The second-order valence-corrected chi connectivity index (χ2v) is 8.16. The molecule has 0 saturated carbocycles. The third kappa shape index (κ3) is 6.26. The van der Waals surface area contributed by atoms with Gasteiger partial charge in [-0.25, -0.2) is 0 Å².